The minimum atomic E-state index is 0.165. The Hall–Kier alpha value is -0.930. The van der Waals surface area contributed by atoms with Gasteiger partial charge in [0, 0.05) is 15.7 Å². The zero-order valence-corrected chi connectivity index (χ0v) is 20.7. The molecule has 5 rings (SSSR count). The van der Waals surface area contributed by atoms with Crippen molar-refractivity contribution in [2.75, 3.05) is 0 Å². The minimum absolute atomic E-state index is 0.165. The van der Waals surface area contributed by atoms with Gasteiger partial charge in [-0.1, -0.05) is 56.3 Å². The number of hydrogen-bond donors (Lipinski definition) is 0. The first-order valence-electron chi connectivity index (χ1n) is 12.0. The van der Waals surface area contributed by atoms with E-state index in [4.69, 9.17) is 16.3 Å². The molecule has 31 heavy (non-hydrogen) atoms. The van der Waals surface area contributed by atoms with Crippen molar-refractivity contribution in [2.45, 2.75) is 71.2 Å². The second-order valence-electron chi connectivity index (χ2n) is 11.3. The van der Waals surface area contributed by atoms with Crippen LogP contribution in [0.5, 0.6) is 5.75 Å². The first-order valence-corrected chi connectivity index (χ1v) is 13.3. The number of rotatable bonds is 3. The summed E-state index contributed by atoms with van der Waals surface area (Å²) in [6, 6.07) is 7.80. The highest BCUT2D eigenvalue weighted by molar-refractivity contribution is 8.14. The zero-order chi connectivity index (χ0) is 22.0. The molecule has 1 aromatic rings. The Balaban J connectivity index is 1.37. The summed E-state index contributed by atoms with van der Waals surface area (Å²) < 4.78 is 6.37. The van der Waals surface area contributed by atoms with Gasteiger partial charge >= 0.3 is 0 Å². The molecule has 3 aliphatic carbocycles. The topological polar surface area (TPSA) is 26.3 Å². The highest BCUT2D eigenvalue weighted by Crippen LogP contribution is 2.67. The highest BCUT2D eigenvalue weighted by atomic mass is 35.5. The number of benzene rings is 1. The van der Waals surface area contributed by atoms with E-state index in [1.807, 2.05) is 30.3 Å². The summed E-state index contributed by atoms with van der Waals surface area (Å²) in [5.74, 6) is 4.35. The predicted molar refractivity (Wildman–Crippen MR) is 129 cm³/mol. The lowest BCUT2D eigenvalue weighted by atomic mass is 9.48. The quantitative estimate of drug-likeness (QED) is 0.471. The Kier molecular flexibility index (Phi) is 5.53. The maximum atomic E-state index is 12.1. The van der Waals surface area contributed by atoms with Crippen LogP contribution in [0.1, 0.15) is 59.8 Å². The van der Waals surface area contributed by atoms with E-state index in [2.05, 4.69) is 33.8 Å². The fourth-order valence-electron chi connectivity index (χ4n) is 7.86. The van der Waals surface area contributed by atoms with Crippen LogP contribution in [0.3, 0.4) is 0 Å². The van der Waals surface area contributed by atoms with E-state index in [1.54, 1.807) is 11.8 Å². The molecular formula is C27H35ClO2S. The minimum Gasteiger partial charge on any atom is -0.490 e. The van der Waals surface area contributed by atoms with E-state index in [9.17, 15) is 4.79 Å². The molecule has 0 N–H and O–H groups in total. The third-order valence-corrected chi connectivity index (χ3v) is 11.1. The predicted octanol–water partition coefficient (Wildman–Crippen LogP) is 7.41. The normalized spacial score (nSPS) is 44.9. The highest BCUT2D eigenvalue weighted by Gasteiger charge is 2.61. The lowest BCUT2D eigenvalue weighted by Gasteiger charge is -2.60. The van der Waals surface area contributed by atoms with Crippen LogP contribution in [-0.4, -0.2) is 16.5 Å². The number of fused-ring (bicyclic) bond motifs is 5. The third-order valence-electron chi connectivity index (χ3n) is 9.49. The number of thioether (sulfide) groups is 1. The third kappa shape index (κ3) is 3.68. The largest absolute Gasteiger partial charge is 0.490 e. The van der Waals surface area contributed by atoms with Crippen LogP contribution in [0.2, 0.25) is 5.02 Å². The summed E-state index contributed by atoms with van der Waals surface area (Å²) >= 11 is 7.78. The van der Waals surface area contributed by atoms with E-state index in [1.165, 1.54) is 32.1 Å². The van der Waals surface area contributed by atoms with Gasteiger partial charge < -0.3 is 4.74 Å². The van der Waals surface area contributed by atoms with Crippen molar-refractivity contribution in [1.82, 2.24) is 0 Å². The lowest BCUT2D eigenvalue weighted by Crippen LogP contribution is -2.55. The number of ether oxygens (including phenoxy) is 1. The van der Waals surface area contributed by atoms with Gasteiger partial charge in [-0.05, 0) is 98.3 Å². The van der Waals surface area contributed by atoms with Crippen LogP contribution < -0.4 is 4.74 Å². The molecule has 0 radical (unpaired) electrons. The number of halogens is 1. The Morgan fingerprint density at radius 3 is 2.81 bits per heavy atom. The molecule has 0 spiro atoms. The smallest absolute Gasteiger partial charge is 0.212 e. The molecule has 168 valence electrons. The van der Waals surface area contributed by atoms with Crippen molar-refractivity contribution in [2.24, 2.45) is 40.4 Å². The SMILES string of the molecule is CC(Oc1cccc(Cl)c1)[C@H]1C[C@H]2[C@@H]3[C@@H](C)C[C@H]4SC(=O)C=C[C@]4(C)[C@H]3CC[C@]2(C)C1. The van der Waals surface area contributed by atoms with Gasteiger partial charge in [-0.2, -0.15) is 0 Å². The Labute approximate surface area is 196 Å². The van der Waals surface area contributed by atoms with Gasteiger partial charge in [-0.15, -0.1) is 0 Å². The first-order chi connectivity index (χ1) is 14.7. The van der Waals surface area contributed by atoms with E-state index in [0.29, 0.717) is 28.4 Å². The van der Waals surface area contributed by atoms with Crippen LogP contribution in [0, 0.1) is 40.4 Å². The average molecular weight is 459 g/mol. The summed E-state index contributed by atoms with van der Waals surface area (Å²) in [4.78, 5) is 12.1. The molecule has 1 aliphatic heterocycles. The molecule has 3 saturated carbocycles. The summed E-state index contributed by atoms with van der Waals surface area (Å²) in [7, 11) is 0. The van der Waals surface area contributed by atoms with Gasteiger partial charge in [-0.3, -0.25) is 4.79 Å². The van der Waals surface area contributed by atoms with Gasteiger partial charge in [-0.25, -0.2) is 0 Å². The molecule has 1 unspecified atom stereocenters. The average Bonchev–Trinajstić information content (AvgIpc) is 3.07. The van der Waals surface area contributed by atoms with E-state index >= 15 is 0 Å². The molecule has 2 nitrogen and oxygen atoms in total. The van der Waals surface area contributed by atoms with Crippen molar-refractivity contribution in [3.05, 3.63) is 41.4 Å². The molecule has 9 atom stereocenters. The van der Waals surface area contributed by atoms with Crippen molar-refractivity contribution < 1.29 is 9.53 Å². The van der Waals surface area contributed by atoms with Crippen molar-refractivity contribution >= 4 is 28.5 Å². The molecule has 0 bridgehead atoms. The van der Waals surface area contributed by atoms with Gasteiger partial charge in [0.05, 0.1) is 6.10 Å². The van der Waals surface area contributed by atoms with Crippen LogP contribution in [0.15, 0.2) is 36.4 Å². The van der Waals surface area contributed by atoms with E-state index < -0.39 is 0 Å². The van der Waals surface area contributed by atoms with E-state index in [0.717, 1.165) is 22.6 Å². The van der Waals surface area contributed by atoms with E-state index in [-0.39, 0.29) is 16.6 Å². The molecule has 3 fully saturated rings. The molecule has 0 aromatic heterocycles. The molecule has 0 saturated heterocycles. The van der Waals surface area contributed by atoms with Crippen molar-refractivity contribution in [3.8, 4) is 5.75 Å². The van der Waals surface area contributed by atoms with Gasteiger partial charge in [0.15, 0.2) is 0 Å². The van der Waals surface area contributed by atoms with Crippen LogP contribution in [0.25, 0.3) is 0 Å². The maximum Gasteiger partial charge on any atom is 0.212 e. The second-order valence-corrected chi connectivity index (χ2v) is 12.9. The second kappa shape index (κ2) is 7.83. The van der Waals surface area contributed by atoms with Gasteiger partial charge in [0.1, 0.15) is 5.75 Å². The fraction of sp³-hybridized carbons (Fsp3) is 0.667. The summed E-state index contributed by atoms with van der Waals surface area (Å²) in [5, 5.41) is 1.44. The Morgan fingerprint density at radius 1 is 1.23 bits per heavy atom. The fourth-order valence-corrected chi connectivity index (χ4v) is 9.37. The number of carbonyl (C=O) groups excluding carboxylic acids is 1. The summed E-state index contributed by atoms with van der Waals surface area (Å²) in [6.07, 6.45) is 10.7. The van der Waals surface area contributed by atoms with Gasteiger partial charge in [0.2, 0.25) is 5.12 Å². The lowest BCUT2D eigenvalue weighted by molar-refractivity contribution is -0.108. The standard InChI is InChI=1S/C27H35ClO2S/c1-16-12-23-27(4,11-9-24(29)31-23)21-8-10-26(3)15-18(13-22(26)25(16)21)17(2)30-20-7-5-6-19(28)14-20/h5-7,9,11,14,16-18,21-23,25H,8,10,12-13,15H2,1-4H3/t16-,17?,18-,21-,22-,23+,25+,26+,27+/m0/s1. The number of hydrogen-bond acceptors (Lipinski definition) is 3. The summed E-state index contributed by atoms with van der Waals surface area (Å²) in [6.45, 7) is 9.70. The van der Waals surface area contributed by atoms with Crippen LogP contribution in [-0.2, 0) is 4.79 Å². The number of carbonyl (C=O) groups is 1. The molecule has 4 aliphatic rings. The monoisotopic (exact) mass is 458 g/mol. The van der Waals surface area contributed by atoms with Crippen LogP contribution >= 0.6 is 23.4 Å². The molecule has 1 aromatic carbocycles. The molecular weight excluding hydrogens is 424 g/mol. The Bertz CT molecular complexity index is 899. The number of allylic oxidation sites excluding steroid dienone is 1. The van der Waals surface area contributed by atoms with Crippen LogP contribution in [0.4, 0.5) is 0 Å². The first kappa shape index (κ1) is 21.9. The summed E-state index contributed by atoms with van der Waals surface area (Å²) in [5.41, 5.74) is 0.578. The zero-order valence-electron chi connectivity index (χ0n) is 19.1. The Morgan fingerprint density at radius 2 is 2.03 bits per heavy atom. The maximum absolute atomic E-state index is 12.1. The van der Waals surface area contributed by atoms with Crippen molar-refractivity contribution in [1.29, 1.82) is 0 Å². The van der Waals surface area contributed by atoms with Crippen molar-refractivity contribution in [3.63, 3.8) is 0 Å². The van der Waals surface area contributed by atoms with Gasteiger partial charge in [0.25, 0.3) is 0 Å². The molecule has 4 heteroatoms. The molecule has 0 amide bonds. The molecule has 1 heterocycles.